The average Bonchev–Trinajstić information content (AvgIpc) is 2.33. The Hall–Kier alpha value is -1.96. The Morgan fingerprint density at radius 3 is 2.42 bits per heavy atom. The van der Waals surface area contributed by atoms with Crippen molar-refractivity contribution >= 4 is 5.84 Å². The van der Waals surface area contributed by atoms with Gasteiger partial charge in [-0.05, 0) is 12.1 Å². The standard InChI is InChI=1S/C11H13F3N2O3/c1-17-8-2-7(10(15)16)3-9(4-8)19-6-18-5-11(12,13)14/h2-4H,5-6H2,1H3,(H3,15,16). The van der Waals surface area contributed by atoms with Crippen LogP contribution >= 0.6 is 0 Å². The van der Waals surface area contributed by atoms with Gasteiger partial charge in [-0.25, -0.2) is 0 Å². The molecule has 0 aromatic heterocycles. The molecule has 0 heterocycles. The topological polar surface area (TPSA) is 77.6 Å². The van der Waals surface area contributed by atoms with E-state index >= 15 is 0 Å². The van der Waals surface area contributed by atoms with Gasteiger partial charge in [0, 0.05) is 11.6 Å². The molecule has 0 aliphatic rings. The van der Waals surface area contributed by atoms with Crippen LogP contribution in [-0.4, -0.2) is 32.5 Å². The summed E-state index contributed by atoms with van der Waals surface area (Å²) in [5.74, 6) is 0.366. The molecule has 19 heavy (non-hydrogen) atoms. The van der Waals surface area contributed by atoms with Crippen molar-refractivity contribution in [1.82, 2.24) is 0 Å². The summed E-state index contributed by atoms with van der Waals surface area (Å²) >= 11 is 0. The van der Waals surface area contributed by atoms with Gasteiger partial charge in [-0.15, -0.1) is 0 Å². The van der Waals surface area contributed by atoms with E-state index < -0.39 is 19.6 Å². The summed E-state index contributed by atoms with van der Waals surface area (Å²) in [6.45, 7) is -1.96. The third-order valence-corrected chi connectivity index (χ3v) is 2.00. The van der Waals surface area contributed by atoms with E-state index in [1.165, 1.54) is 25.3 Å². The second kappa shape index (κ2) is 6.28. The van der Waals surface area contributed by atoms with Gasteiger partial charge in [-0.3, -0.25) is 5.41 Å². The van der Waals surface area contributed by atoms with Crippen molar-refractivity contribution in [2.75, 3.05) is 20.5 Å². The summed E-state index contributed by atoms with van der Waals surface area (Å²) in [5.41, 5.74) is 5.65. The molecule has 106 valence electrons. The number of hydrogen-bond donors (Lipinski definition) is 2. The molecule has 0 spiro atoms. The number of ether oxygens (including phenoxy) is 3. The lowest BCUT2D eigenvalue weighted by atomic mass is 10.2. The molecule has 0 aliphatic carbocycles. The number of methoxy groups -OCH3 is 1. The maximum Gasteiger partial charge on any atom is 0.411 e. The van der Waals surface area contributed by atoms with Crippen molar-refractivity contribution in [2.45, 2.75) is 6.18 Å². The van der Waals surface area contributed by atoms with Gasteiger partial charge in [0.15, 0.2) is 6.79 Å². The Bertz CT molecular complexity index is 449. The monoisotopic (exact) mass is 278 g/mol. The van der Waals surface area contributed by atoms with Crippen LogP contribution in [0.3, 0.4) is 0 Å². The quantitative estimate of drug-likeness (QED) is 0.360. The zero-order chi connectivity index (χ0) is 14.5. The summed E-state index contributed by atoms with van der Waals surface area (Å²) in [7, 11) is 1.41. The fourth-order valence-corrected chi connectivity index (χ4v) is 1.20. The first-order valence-electron chi connectivity index (χ1n) is 5.12. The maximum atomic E-state index is 11.8. The van der Waals surface area contributed by atoms with Crippen LogP contribution in [-0.2, 0) is 4.74 Å². The summed E-state index contributed by atoms with van der Waals surface area (Å²) < 4.78 is 49.7. The fraction of sp³-hybridized carbons (Fsp3) is 0.364. The molecule has 1 rings (SSSR count). The molecule has 0 saturated carbocycles. The van der Waals surface area contributed by atoms with E-state index in [0.29, 0.717) is 11.3 Å². The molecule has 0 radical (unpaired) electrons. The van der Waals surface area contributed by atoms with E-state index in [1.807, 2.05) is 0 Å². The molecule has 0 aliphatic heterocycles. The smallest absolute Gasteiger partial charge is 0.411 e. The third-order valence-electron chi connectivity index (χ3n) is 2.00. The molecule has 8 heteroatoms. The van der Waals surface area contributed by atoms with Crippen LogP contribution in [0.5, 0.6) is 11.5 Å². The number of amidine groups is 1. The van der Waals surface area contributed by atoms with Crippen molar-refractivity contribution < 1.29 is 27.4 Å². The van der Waals surface area contributed by atoms with E-state index in [1.54, 1.807) is 0 Å². The largest absolute Gasteiger partial charge is 0.497 e. The van der Waals surface area contributed by atoms with Crippen molar-refractivity contribution in [1.29, 1.82) is 5.41 Å². The van der Waals surface area contributed by atoms with E-state index in [-0.39, 0.29) is 11.6 Å². The third kappa shape index (κ3) is 5.47. The minimum atomic E-state index is -4.40. The highest BCUT2D eigenvalue weighted by atomic mass is 19.4. The van der Waals surface area contributed by atoms with Gasteiger partial charge < -0.3 is 19.9 Å². The van der Waals surface area contributed by atoms with E-state index in [0.717, 1.165) is 0 Å². The predicted molar refractivity (Wildman–Crippen MR) is 61.5 cm³/mol. The molecule has 0 atom stereocenters. The first-order chi connectivity index (χ1) is 8.81. The molecular weight excluding hydrogens is 265 g/mol. The molecule has 5 nitrogen and oxygen atoms in total. The number of nitrogen functional groups attached to an aromatic ring is 1. The van der Waals surface area contributed by atoms with Crippen molar-refractivity contribution in [3.8, 4) is 11.5 Å². The summed E-state index contributed by atoms with van der Waals surface area (Å²) in [4.78, 5) is 0. The van der Waals surface area contributed by atoms with Gasteiger partial charge in [0.1, 0.15) is 23.9 Å². The Labute approximate surface area is 107 Å². The Kier molecular flexibility index (Phi) is 4.99. The minimum Gasteiger partial charge on any atom is -0.497 e. The molecule has 0 fully saturated rings. The van der Waals surface area contributed by atoms with E-state index in [9.17, 15) is 13.2 Å². The summed E-state index contributed by atoms with van der Waals surface area (Å²) in [6, 6.07) is 4.36. The normalized spacial score (nSPS) is 11.2. The molecule has 0 unspecified atom stereocenters. The molecule has 0 bridgehead atoms. The van der Waals surface area contributed by atoms with Crippen molar-refractivity contribution in [3.63, 3.8) is 0 Å². The number of hydrogen-bond acceptors (Lipinski definition) is 4. The van der Waals surface area contributed by atoms with Gasteiger partial charge in [-0.1, -0.05) is 0 Å². The zero-order valence-electron chi connectivity index (χ0n) is 10.1. The number of benzene rings is 1. The molecule has 3 N–H and O–H groups in total. The van der Waals surface area contributed by atoms with Crippen LogP contribution in [0.4, 0.5) is 13.2 Å². The lowest BCUT2D eigenvalue weighted by Crippen LogP contribution is -2.19. The first kappa shape index (κ1) is 15.1. The van der Waals surface area contributed by atoms with Crippen molar-refractivity contribution in [3.05, 3.63) is 23.8 Å². The van der Waals surface area contributed by atoms with Gasteiger partial charge in [-0.2, -0.15) is 13.2 Å². The summed E-state index contributed by atoms with van der Waals surface area (Å²) in [6.07, 6.45) is -4.40. The fourth-order valence-electron chi connectivity index (χ4n) is 1.20. The van der Waals surface area contributed by atoms with Crippen LogP contribution in [0.2, 0.25) is 0 Å². The van der Waals surface area contributed by atoms with Crippen LogP contribution in [0.25, 0.3) is 0 Å². The molecule has 0 amide bonds. The maximum absolute atomic E-state index is 11.8. The highest BCUT2D eigenvalue weighted by Gasteiger charge is 2.27. The number of alkyl halides is 3. The Morgan fingerprint density at radius 2 is 1.89 bits per heavy atom. The number of rotatable bonds is 6. The van der Waals surface area contributed by atoms with Crippen LogP contribution in [0.1, 0.15) is 5.56 Å². The molecular formula is C11H13F3N2O3. The van der Waals surface area contributed by atoms with Gasteiger partial charge >= 0.3 is 6.18 Å². The van der Waals surface area contributed by atoms with Crippen LogP contribution in [0, 0.1) is 5.41 Å². The highest BCUT2D eigenvalue weighted by Crippen LogP contribution is 2.23. The average molecular weight is 278 g/mol. The van der Waals surface area contributed by atoms with Gasteiger partial charge in [0.05, 0.1) is 7.11 Å². The predicted octanol–water partition coefficient (Wildman–Crippen LogP) is 1.89. The van der Waals surface area contributed by atoms with Gasteiger partial charge in [0.25, 0.3) is 0 Å². The van der Waals surface area contributed by atoms with Gasteiger partial charge in [0.2, 0.25) is 0 Å². The number of nitrogens with one attached hydrogen (secondary N) is 1. The van der Waals surface area contributed by atoms with E-state index in [2.05, 4.69) is 4.74 Å². The highest BCUT2D eigenvalue weighted by molar-refractivity contribution is 5.95. The van der Waals surface area contributed by atoms with Crippen LogP contribution in [0.15, 0.2) is 18.2 Å². The Morgan fingerprint density at radius 1 is 1.26 bits per heavy atom. The second-order valence-electron chi connectivity index (χ2n) is 3.54. The molecule has 1 aromatic carbocycles. The molecule has 1 aromatic rings. The first-order valence-corrected chi connectivity index (χ1v) is 5.12. The lowest BCUT2D eigenvalue weighted by molar-refractivity contribution is -0.186. The molecule has 0 saturated heterocycles. The zero-order valence-corrected chi connectivity index (χ0v) is 10.1. The SMILES string of the molecule is COc1cc(OCOCC(F)(F)F)cc(C(=N)N)c1. The Balaban J connectivity index is 2.62. The second-order valence-corrected chi connectivity index (χ2v) is 3.54. The number of halogens is 3. The summed E-state index contributed by atoms with van der Waals surface area (Å²) in [5, 5.41) is 7.29. The number of nitrogens with two attached hydrogens (primary N) is 1. The van der Waals surface area contributed by atoms with Crippen molar-refractivity contribution in [2.24, 2.45) is 5.73 Å². The van der Waals surface area contributed by atoms with Crippen LogP contribution < -0.4 is 15.2 Å². The van der Waals surface area contributed by atoms with E-state index in [4.69, 9.17) is 20.6 Å². The lowest BCUT2D eigenvalue weighted by Gasteiger charge is -2.11. The minimum absolute atomic E-state index is 0.201.